The minimum Gasteiger partial charge on any atom is -0.372 e. The molecule has 0 amide bonds. The molecule has 1 aromatic carbocycles. The minimum absolute atomic E-state index is 0.284. The molecule has 1 saturated carbocycles. The Kier molecular flexibility index (Phi) is 3.31. The number of hydrogen-bond donors (Lipinski definition) is 1. The van der Waals surface area contributed by atoms with E-state index in [0.29, 0.717) is 17.4 Å². The van der Waals surface area contributed by atoms with Crippen molar-refractivity contribution in [3.05, 3.63) is 57.7 Å². The highest BCUT2D eigenvalue weighted by atomic mass is 35.5. The highest BCUT2D eigenvalue weighted by Gasteiger charge is 2.24. The van der Waals surface area contributed by atoms with Crippen LogP contribution >= 0.6 is 11.6 Å². The van der Waals surface area contributed by atoms with Crippen LogP contribution in [0.25, 0.3) is 16.6 Å². The van der Waals surface area contributed by atoms with Gasteiger partial charge in [0.2, 0.25) is 0 Å². The fraction of sp³-hybridized carbons (Fsp3) is 0.235. The Bertz CT molecular complexity index is 962. The van der Waals surface area contributed by atoms with Crippen molar-refractivity contribution in [2.75, 3.05) is 12.4 Å². The highest BCUT2D eigenvalue weighted by molar-refractivity contribution is 6.31. The molecule has 4 rings (SSSR count). The first-order valence-electron chi connectivity index (χ1n) is 7.54. The summed E-state index contributed by atoms with van der Waals surface area (Å²) >= 11 is 6.21. The highest BCUT2D eigenvalue weighted by Crippen LogP contribution is 2.41. The van der Waals surface area contributed by atoms with Gasteiger partial charge in [0.25, 0.3) is 0 Å². The standard InChI is InChI=1S/C17H15ClN4O/c1-19-16-12-7-6-11(10-4-5-10)9-14(12)22(17(23)21-16)13-3-2-8-20-15(13)18/h2-3,6-10H,4-5H2,1H3,(H,19,21,23). The molecule has 6 heteroatoms. The number of pyridine rings is 1. The summed E-state index contributed by atoms with van der Waals surface area (Å²) in [7, 11) is 1.76. The third kappa shape index (κ3) is 2.37. The summed E-state index contributed by atoms with van der Waals surface area (Å²) in [5.74, 6) is 1.17. The Morgan fingerprint density at radius 1 is 1.30 bits per heavy atom. The van der Waals surface area contributed by atoms with Gasteiger partial charge >= 0.3 is 5.69 Å². The number of hydrogen-bond acceptors (Lipinski definition) is 4. The molecule has 1 aliphatic carbocycles. The molecule has 0 unspecified atom stereocenters. The van der Waals surface area contributed by atoms with Crippen LogP contribution < -0.4 is 11.0 Å². The van der Waals surface area contributed by atoms with Gasteiger partial charge in [-0.15, -0.1) is 0 Å². The number of halogens is 1. The molecule has 116 valence electrons. The first-order valence-corrected chi connectivity index (χ1v) is 7.92. The smallest absolute Gasteiger partial charge is 0.354 e. The van der Waals surface area contributed by atoms with Gasteiger partial charge in [0.15, 0.2) is 5.15 Å². The quantitative estimate of drug-likeness (QED) is 0.750. The molecule has 2 aromatic heterocycles. The molecule has 2 heterocycles. The number of nitrogens with one attached hydrogen (secondary N) is 1. The van der Waals surface area contributed by atoms with Gasteiger partial charge in [-0.1, -0.05) is 17.7 Å². The molecule has 0 spiro atoms. The number of fused-ring (bicyclic) bond motifs is 1. The second-order valence-corrected chi connectivity index (χ2v) is 6.05. The Balaban J connectivity index is 2.09. The molecule has 0 atom stereocenters. The molecular formula is C17H15ClN4O. The van der Waals surface area contributed by atoms with Crippen molar-refractivity contribution in [1.82, 2.24) is 14.5 Å². The summed E-state index contributed by atoms with van der Waals surface area (Å²) in [4.78, 5) is 20.8. The van der Waals surface area contributed by atoms with Crippen molar-refractivity contribution in [3.63, 3.8) is 0 Å². The van der Waals surface area contributed by atoms with E-state index in [0.717, 1.165) is 10.9 Å². The number of aromatic nitrogens is 3. The SMILES string of the molecule is CNc1nc(=O)n(-c2cccnc2Cl)c2cc(C3CC3)ccc12. The van der Waals surface area contributed by atoms with E-state index in [2.05, 4.69) is 27.4 Å². The maximum atomic E-state index is 12.6. The summed E-state index contributed by atoms with van der Waals surface area (Å²) < 4.78 is 1.54. The summed E-state index contributed by atoms with van der Waals surface area (Å²) in [6.45, 7) is 0. The van der Waals surface area contributed by atoms with E-state index < -0.39 is 0 Å². The summed E-state index contributed by atoms with van der Waals surface area (Å²) in [5, 5.41) is 4.16. The number of anilines is 1. The Morgan fingerprint density at radius 2 is 2.13 bits per heavy atom. The van der Waals surface area contributed by atoms with E-state index >= 15 is 0 Å². The molecule has 0 saturated heterocycles. The predicted octanol–water partition coefficient (Wildman–Crippen LogP) is 3.35. The third-order valence-corrected chi connectivity index (χ3v) is 4.47. The average Bonchev–Trinajstić information content (AvgIpc) is 3.40. The first kappa shape index (κ1) is 14.2. The molecule has 3 aromatic rings. The van der Waals surface area contributed by atoms with Crippen LogP contribution in [0.2, 0.25) is 5.15 Å². The van der Waals surface area contributed by atoms with Gasteiger partial charge in [-0.05, 0) is 48.6 Å². The maximum absolute atomic E-state index is 12.6. The lowest BCUT2D eigenvalue weighted by Crippen LogP contribution is -2.23. The average molecular weight is 327 g/mol. The van der Waals surface area contributed by atoms with Gasteiger partial charge in [0.05, 0.1) is 11.2 Å². The minimum atomic E-state index is -0.371. The second kappa shape index (κ2) is 5.35. The van der Waals surface area contributed by atoms with Gasteiger partial charge < -0.3 is 5.32 Å². The molecule has 5 nitrogen and oxygen atoms in total. The predicted molar refractivity (Wildman–Crippen MR) is 91.7 cm³/mol. The number of nitrogens with zero attached hydrogens (tertiary/aromatic N) is 3. The lowest BCUT2D eigenvalue weighted by atomic mass is 10.1. The van der Waals surface area contributed by atoms with E-state index in [1.165, 1.54) is 23.0 Å². The van der Waals surface area contributed by atoms with E-state index in [4.69, 9.17) is 11.6 Å². The van der Waals surface area contributed by atoms with Crippen LogP contribution in [-0.4, -0.2) is 21.6 Å². The van der Waals surface area contributed by atoms with Crippen LogP contribution in [0.3, 0.4) is 0 Å². The van der Waals surface area contributed by atoms with Crippen molar-refractivity contribution in [1.29, 1.82) is 0 Å². The molecule has 0 aliphatic heterocycles. The normalized spacial score (nSPS) is 14.2. The van der Waals surface area contributed by atoms with Crippen LogP contribution in [0.4, 0.5) is 5.82 Å². The molecular weight excluding hydrogens is 312 g/mol. The van der Waals surface area contributed by atoms with Crippen molar-refractivity contribution in [2.24, 2.45) is 0 Å². The van der Waals surface area contributed by atoms with Crippen LogP contribution in [0.15, 0.2) is 41.3 Å². The van der Waals surface area contributed by atoms with Crippen LogP contribution in [0, 0.1) is 0 Å². The molecule has 1 aliphatic rings. The topological polar surface area (TPSA) is 59.8 Å². The zero-order valence-corrected chi connectivity index (χ0v) is 13.3. The maximum Gasteiger partial charge on any atom is 0.354 e. The van der Waals surface area contributed by atoms with Crippen molar-refractivity contribution in [2.45, 2.75) is 18.8 Å². The van der Waals surface area contributed by atoms with Crippen LogP contribution in [0.1, 0.15) is 24.3 Å². The summed E-state index contributed by atoms with van der Waals surface area (Å²) in [5.41, 5.74) is 2.23. The molecule has 23 heavy (non-hydrogen) atoms. The van der Waals surface area contributed by atoms with Gasteiger partial charge in [-0.2, -0.15) is 4.98 Å². The van der Waals surface area contributed by atoms with Crippen LogP contribution in [-0.2, 0) is 0 Å². The lowest BCUT2D eigenvalue weighted by molar-refractivity contribution is 0.950. The van der Waals surface area contributed by atoms with Gasteiger partial charge in [0, 0.05) is 18.6 Å². The van der Waals surface area contributed by atoms with E-state index in [-0.39, 0.29) is 10.8 Å². The van der Waals surface area contributed by atoms with Gasteiger partial charge in [-0.25, -0.2) is 9.78 Å². The third-order valence-electron chi connectivity index (χ3n) is 4.18. The van der Waals surface area contributed by atoms with Gasteiger partial charge in [0.1, 0.15) is 5.82 Å². The van der Waals surface area contributed by atoms with Crippen molar-refractivity contribution < 1.29 is 0 Å². The molecule has 0 radical (unpaired) electrons. The van der Waals surface area contributed by atoms with Crippen molar-refractivity contribution in [3.8, 4) is 5.69 Å². The van der Waals surface area contributed by atoms with E-state index in [1.54, 1.807) is 25.4 Å². The number of rotatable bonds is 3. The Morgan fingerprint density at radius 3 is 2.83 bits per heavy atom. The molecule has 0 bridgehead atoms. The number of benzene rings is 1. The fourth-order valence-electron chi connectivity index (χ4n) is 2.88. The fourth-order valence-corrected chi connectivity index (χ4v) is 3.09. The zero-order chi connectivity index (χ0) is 16.0. The Hall–Kier alpha value is -2.40. The van der Waals surface area contributed by atoms with Crippen molar-refractivity contribution >= 4 is 28.3 Å². The summed E-state index contributed by atoms with van der Waals surface area (Å²) in [6, 6.07) is 9.74. The van der Waals surface area contributed by atoms with E-state index in [9.17, 15) is 4.79 Å². The largest absolute Gasteiger partial charge is 0.372 e. The lowest BCUT2D eigenvalue weighted by Gasteiger charge is -2.14. The van der Waals surface area contributed by atoms with Crippen LogP contribution in [0.5, 0.6) is 0 Å². The summed E-state index contributed by atoms with van der Waals surface area (Å²) in [6.07, 6.45) is 4.00. The van der Waals surface area contributed by atoms with Gasteiger partial charge in [-0.3, -0.25) is 4.57 Å². The Labute approximate surface area is 138 Å². The van der Waals surface area contributed by atoms with E-state index in [1.807, 2.05) is 6.07 Å². The zero-order valence-electron chi connectivity index (χ0n) is 12.6. The molecule has 1 fully saturated rings. The first-order chi connectivity index (χ1) is 11.2. The monoisotopic (exact) mass is 326 g/mol. The second-order valence-electron chi connectivity index (χ2n) is 5.69. The molecule has 1 N–H and O–H groups in total.